The lowest BCUT2D eigenvalue weighted by molar-refractivity contribution is 0.0662. The van der Waals surface area contributed by atoms with Crippen molar-refractivity contribution in [2.75, 3.05) is 18.5 Å². The minimum Gasteiger partial charge on any atom is -0.393 e. The Hall–Kier alpha value is -2.81. The van der Waals surface area contributed by atoms with E-state index in [1.165, 1.54) is 23.9 Å². The number of nitrogens with two attached hydrogens (primary N) is 1. The van der Waals surface area contributed by atoms with Crippen LogP contribution in [0.5, 0.6) is 0 Å². The number of thiophene rings is 1. The number of carbonyl (C=O) groups excluding carboxylic acids is 1. The summed E-state index contributed by atoms with van der Waals surface area (Å²) in [4.78, 5) is 28.2. The molecule has 1 saturated carbocycles. The quantitative estimate of drug-likeness (QED) is 0.348. The fourth-order valence-corrected chi connectivity index (χ4v) is 6.40. The number of rotatable bonds is 8. The Morgan fingerprint density at radius 3 is 2.92 bits per heavy atom. The number of carbonyl (C=O) groups is 1. The normalized spacial score (nSPS) is 23.3. The zero-order valence-corrected chi connectivity index (χ0v) is 22.6. The number of aliphatic hydroxyl groups excluding tert-OH is 1. The molecule has 11 nitrogen and oxygen atoms in total. The van der Waals surface area contributed by atoms with Gasteiger partial charge in [-0.15, -0.1) is 11.3 Å². The molecule has 3 aromatic heterocycles. The second kappa shape index (κ2) is 10.8. The molecule has 0 saturated heterocycles. The number of nitrogens with zero attached hydrogens (tertiary/aromatic N) is 3. The number of ether oxygens (including phenoxy) is 1. The van der Waals surface area contributed by atoms with Gasteiger partial charge in [-0.2, -0.15) is 8.42 Å². The van der Waals surface area contributed by atoms with Crippen LogP contribution in [0, 0.1) is 19.8 Å². The van der Waals surface area contributed by atoms with Crippen LogP contribution in [0.3, 0.4) is 0 Å². The van der Waals surface area contributed by atoms with Crippen molar-refractivity contribution in [3.63, 3.8) is 0 Å². The third-order valence-corrected chi connectivity index (χ3v) is 8.45. The monoisotopic (exact) mass is 559 g/mol. The molecule has 38 heavy (non-hydrogen) atoms. The maximum Gasteiger partial charge on any atom is 0.333 e. The number of aromatic nitrogens is 3. The minimum atomic E-state index is -4.10. The first-order valence-electron chi connectivity index (χ1n) is 12.2. The van der Waals surface area contributed by atoms with Gasteiger partial charge in [0.25, 0.3) is 0 Å². The van der Waals surface area contributed by atoms with Crippen molar-refractivity contribution in [3.05, 3.63) is 68.6 Å². The summed E-state index contributed by atoms with van der Waals surface area (Å²) in [5.74, 6) is -0.308. The molecule has 4 N–H and O–H groups in total. The van der Waals surface area contributed by atoms with Crippen molar-refractivity contribution in [2.24, 2.45) is 11.1 Å². The predicted molar refractivity (Wildman–Crippen MR) is 140 cm³/mol. The molecule has 0 aromatic carbocycles. The standard InChI is InChI=1S/C25H29N5O6S2/c1-13-3-4-15-5-6-35-24(22(15)29-13)18-9-21(37-14(18)2)23(32)19-10-27-12-28-25(19)30-17-7-16(20(31)8-17)11-36-38(26,33)34/h3-4,9-10,12,16-17,20,24,31H,5-8,11H2,1-2H3,(H2,26,33,34)(H,27,28,30)/t16-,17-,20+,24?/m1/s1. The number of aryl methyl sites for hydroxylation is 2. The number of hydrogen-bond acceptors (Lipinski definition) is 11. The van der Waals surface area contributed by atoms with Crippen LogP contribution in [0.25, 0.3) is 0 Å². The summed E-state index contributed by atoms with van der Waals surface area (Å²) in [6, 6.07) is 5.70. The second-order valence-electron chi connectivity index (χ2n) is 9.65. The number of aliphatic hydroxyl groups is 1. The lowest BCUT2D eigenvalue weighted by Gasteiger charge is -2.25. The van der Waals surface area contributed by atoms with Gasteiger partial charge in [-0.05, 0) is 50.8 Å². The molecule has 1 aliphatic heterocycles. The van der Waals surface area contributed by atoms with E-state index in [1.54, 1.807) is 0 Å². The molecule has 1 unspecified atom stereocenters. The van der Waals surface area contributed by atoms with E-state index >= 15 is 0 Å². The van der Waals surface area contributed by atoms with Gasteiger partial charge < -0.3 is 15.2 Å². The summed E-state index contributed by atoms with van der Waals surface area (Å²) >= 11 is 1.39. The van der Waals surface area contributed by atoms with Gasteiger partial charge in [0.2, 0.25) is 5.78 Å². The van der Waals surface area contributed by atoms with Crippen molar-refractivity contribution < 1.29 is 27.2 Å². The highest BCUT2D eigenvalue weighted by atomic mass is 32.2. The Balaban J connectivity index is 1.35. The van der Waals surface area contributed by atoms with Gasteiger partial charge in [0, 0.05) is 34.3 Å². The van der Waals surface area contributed by atoms with E-state index in [4.69, 9.17) is 14.9 Å². The fourth-order valence-electron chi connectivity index (χ4n) is 5.03. The summed E-state index contributed by atoms with van der Waals surface area (Å²) in [5, 5.41) is 18.5. The first-order valence-corrected chi connectivity index (χ1v) is 14.5. The zero-order chi connectivity index (χ0) is 27.0. The topological polar surface area (TPSA) is 167 Å². The zero-order valence-electron chi connectivity index (χ0n) is 21.0. The van der Waals surface area contributed by atoms with Crippen LogP contribution in [0.15, 0.2) is 30.7 Å². The van der Waals surface area contributed by atoms with Crippen LogP contribution in [0.4, 0.5) is 5.82 Å². The van der Waals surface area contributed by atoms with Crippen molar-refractivity contribution in [1.82, 2.24) is 15.0 Å². The van der Waals surface area contributed by atoms with Gasteiger partial charge in [0.05, 0.1) is 35.5 Å². The maximum atomic E-state index is 13.6. The number of ketones is 1. The van der Waals surface area contributed by atoms with E-state index in [-0.39, 0.29) is 24.5 Å². The third kappa shape index (κ3) is 5.77. The summed E-state index contributed by atoms with van der Waals surface area (Å²) in [5.41, 5.74) is 4.18. The lowest BCUT2D eigenvalue weighted by atomic mass is 9.97. The summed E-state index contributed by atoms with van der Waals surface area (Å²) in [6.45, 7) is 4.28. The first kappa shape index (κ1) is 26.8. The van der Waals surface area contributed by atoms with Crippen LogP contribution in [-0.2, 0) is 25.6 Å². The van der Waals surface area contributed by atoms with E-state index in [1.807, 2.05) is 26.0 Å². The molecule has 1 fully saturated rings. The summed E-state index contributed by atoms with van der Waals surface area (Å²) in [7, 11) is -4.10. The van der Waals surface area contributed by atoms with Gasteiger partial charge >= 0.3 is 10.3 Å². The second-order valence-corrected chi connectivity index (χ2v) is 12.1. The molecule has 5 rings (SSSR count). The molecule has 13 heteroatoms. The average molecular weight is 560 g/mol. The molecule has 202 valence electrons. The van der Waals surface area contributed by atoms with Crippen LogP contribution < -0.4 is 10.5 Å². The van der Waals surface area contributed by atoms with Crippen LogP contribution >= 0.6 is 11.3 Å². The Morgan fingerprint density at radius 2 is 2.13 bits per heavy atom. The molecular weight excluding hydrogens is 530 g/mol. The molecular formula is C25H29N5O6S2. The first-order chi connectivity index (χ1) is 18.1. The van der Waals surface area contributed by atoms with Crippen molar-refractivity contribution in [3.8, 4) is 0 Å². The Morgan fingerprint density at radius 1 is 1.32 bits per heavy atom. The highest BCUT2D eigenvalue weighted by Gasteiger charge is 2.35. The molecule has 0 bridgehead atoms. The number of hydrogen-bond donors (Lipinski definition) is 3. The van der Waals surface area contributed by atoms with Gasteiger partial charge in [-0.3, -0.25) is 14.0 Å². The molecule has 4 heterocycles. The molecule has 3 aromatic rings. The van der Waals surface area contributed by atoms with E-state index in [2.05, 4.69) is 25.5 Å². The molecule has 0 spiro atoms. The van der Waals surface area contributed by atoms with Crippen molar-refractivity contribution in [2.45, 2.75) is 51.4 Å². The predicted octanol–water partition coefficient (Wildman–Crippen LogP) is 2.21. The Bertz CT molecular complexity index is 1460. The summed E-state index contributed by atoms with van der Waals surface area (Å²) in [6.07, 6.45) is 3.25. The van der Waals surface area contributed by atoms with Gasteiger partial charge in [0.15, 0.2) is 0 Å². The minimum absolute atomic E-state index is 0.217. The number of anilines is 1. The largest absolute Gasteiger partial charge is 0.393 e. The molecule has 4 atom stereocenters. The van der Waals surface area contributed by atoms with Crippen LogP contribution in [-0.4, -0.2) is 59.6 Å². The Kier molecular flexibility index (Phi) is 7.58. The van der Waals surface area contributed by atoms with Crippen molar-refractivity contribution >= 4 is 33.2 Å². The third-order valence-electron chi connectivity index (χ3n) is 6.92. The van der Waals surface area contributed by atoms with Crippen LogP contribution in [0.1, 0.15) is 61.6 Å². The molecule has 2 aliphatic rings. The van der Waals surface area contributed by atoms with Gasteiger partial charge in [-0.25, -0.2) is 15.1 Å². The molecule has 0 amide bonds. The van der Waals surface area contributed by atoms with Crippen molar-refractivity contribution in [1.29, 1.82) is 0 Å². The number of pyridine rings is 1. The summed E-state index contributed by atoms with van der Waals surface area (Å²) < 4.78 is 33.0. The van der Waals surface area contributed by atoms with E-state index in [9.17, 15) is 18.3 Å². The highest BCUT2D eigenvalue weighted by molar-refractivity contribution is 7.84. The smallest absolute Gasteiger partial charge is 0.333 e. The molecule has 1 aliphatic carbocycles. The highest BCUT2D eigenvalue weighted by Crippen LogP contribution is 2.38. The maximum absolute atomic E-state index is 13.6. The van der Waals surface area contributed by atoms with Crippen LogP contribution in [0.2, 0.25) is 0 Å². The van der Waals surface area contributed by atoms with Gasteiger partial charge in [-0.1, -0.05) is 6.07 Å². The molecule has 0 radical (unpaired) electrons. The van der Waals surface area contributed by atoms with E-state index in [0.717, 1.165) is 33.8 Å². The number of nitrogens with one attached hydrogen (secondary N) is 1. The SMILES string of the molecule is Cc1ccc2c(n1)C(c1cc(C(=O)c3cncnc3N[C@@H]3C[C@H](COS(N)(=O)=O)[C@@H](O)C3)sc1C)OCC2. The Labute approximate surface area is 224 Å². The fraction of sp³-hybridized carbons (Fsp3) is 0.440. The lowest BCUT2D eigenvalue weighted by Crippen LogP contribution is -2.24. The number of fused-ring (bicyclic) bond motifs is 1. The van der Waals surface area contributed by atoms with E-state index in [0.29, 0.717) is 35.7 Å². The van der Waals surface area contributed by atoms with Gasteiger partial charge in [0.1, 0.15) is 18.2 Å². The van der Waals surface area contributed by atoms with E-state index < -0.39 is 22.3 Å². The average Bonchev–Trinajstić information content (AvgIpc) is 3.43.